The average molecular weight is 294 g/mol. The summed E-state index contributed by atoms with van der Waals surface area (Å²) >= 11 is 7.15. The van der Waals surface area contributed by atoms with Gasteiger partial charge in [0.1, 0.15) is 10.0 Å². The van der Waals surface area contributed by atoms with E-state index in [2.05, 4.69) is 9.59 Å². The molecule has 0 radical (unpaired) electrons. The highest BCUT2D eigenvalue weighted by Crippen LogP contribution is 2.23. The normalized spacial score (nSPS) is 15.2. The molecule has 0 unspecified atom stereocenters. The highest BCUT2D eigenvalue weighted by molar-refractivity contribution is 7.10. The first-order valence-corrected chi connectivity index (χ1v) is 7.25. The monoisotopic (exact) mass is 293 g/mol. The van der Waals surface area contributed by atoms with Crippen molar-refractivity contribution >= 4 is 29.0 Å². The summed E-state index contributed by atoms with van der Waals surface area (Å²) in [6.07, 6.45) is 1.89. The Bertz CT molecular complexity index is 613. The van der Waals surface area contributed by atoms with Gasteiger partial charge in [0, 0.05) is 23.6 Å². The van der Waals surface area contributed by atoms with E-state index < -0.39 is 0 Å². The molecule has 0 saturated carbocycles. The maximum atomic E-state index is 12.5. The number of fused-ring (bicyclic) bond motifs is 1. The number of hydrogen-bond acceptors (Lipinski definition) is 4. The van der Waals surface area contributed by atoms with Gasteiger partial charge in [-0.25, -0.2) is 0 Å². The standard InChI is InChI=1S/C13H12ClN3OS/c14-12-11(15-16-19-12)8-17-7-3-5-9-4-1-2-6-10(9)13(17)18/h1-2,4,6H,3,5,7-8H2. The molecule has 19 heavy (non-hydrogen) atoms. The zero-order chi connectivity index (χ0) is 13.2. The molecule has 2 heterocycles. The molecule has 0 N–H and O–H groups in total. The highest BCUT2D eigenvalue weighted by Gasteiger charge is 2.23. The van der Waals surface area contributed by atoms with Crippen molar-refractivity contribution in [2.24, 2.45) is 0 Å². The van der Waals surface area contributed by atoms with Crippen LogP contribution < -0.4 is 0 Å². The highest BCUT2D eigenvalue weighted by atomic mass is 35.5. The molecule has 0 saturated heterocycles. The van der Waals surface area contributed by atoms with Gasteiger partial charge in [-0.1, -0.05) is 34.3 Å². The number of aromatic nitrogens is 2. The van der Waals surface area contributed by atoms with Crippen LogP contribution in [0.2, 0.25) is 4.34 Å². The number of halogens is 1. The Kier molecular flexibility index (Phi) is 3.48. The summed E-state index contributed by atoms with van der Waals surface area (Å²) in [7, 11) is 0. The van der Waals surface area contributed by atoms with Gasteiger partial charge < -0.3 is 4.90 Å². The van der Waals surface area contributed by atoms with E-state index in [1.54, 1.807) is 4.90 Å². The molecule has 1 aliphatic heterocycles. The van der Waals surface area contributed by atoms with Crippen molar-refractivity contribution in [1.29, 1.82) is 0 Å². The fourth-order valence-electron chi connectivity index (χ4n) is 2.30. The summed E-state index contributed by atoms with van der Waals surface area (Å²) in [5, 5.41) is 3.97. The molecular weight excluding hydrogens is 282 g/mol. The van der Waals surface area contributed by atoms with Crippen molar-refractivity contribution in [3.63, 3.8) is 0 Å². The molecule has 98 valence electrons. The lowest BCUT2D eigenvalue weighted by Gasteiger charge is -2.19. The Morgan fingerprint density at radius 3 is 3.00 bits per heavy atom. The predicted molar refractivity (Wildman–Crippen MR) is 74.4 cm³/mol. The van der Waals surface area contributed by atoms with E-state index in [1.165, 1.54) is 0 Å². The number of benzene rings is 1. The number of rotatable bonds is 2. The Morgan fingerprint density at radius 2 is 2.21 bits per heavy atom. The SMILES string of the molecule is O=C1c2ccccc2CCCN1Cc1nnsc1Cl. The number of carbonyl (C=O) groups is 1. The third-order valence-electron chi connectivity index (χ3n) is 3.26. The molecule has 1 aromatic heterocycles. The average Bonchev–Trinajstić information content (AvgIpc) is 2.75. The Hall–Kier alpha value is -1.46. The van der Waals surface area contributed by atoms with E-state index in [4.69, 9.17) is 11.6 Å². The molecule has 0 bridgehead atoms. The molecule has 1 amide bonds. The number of hydrogen-bond donors (Lipinski definition) is 0. The Morgan fingerprint density at radius 1 is 1.37 bits per heavy atom. The van der Waals surface area contributed by atoms with Crippen LogP contribution in [0.5, 0.6) is 0 Å². The Labute approximate surface area is 120 Å². The lowest BCUT2D eigenvalue weighted by atomic mass is 10.0. The first-order valence-electron chi connectivity index (χ1n) is 6.09. The van der Waals surface area contributed by atoms with Gasteiger partial charge in [-0.2, -0.15) is 0 Å². The van der Waals surface area contributed by atoms with Gasteiger partial charge in [0.25, 0.3) is 5.91 Å². The summed E-state index contributed by atoms with van der Waals surface area (Å²) in [4.78, 5) is 14.3. The fraction of sp³-hybridized carbons (Fsp3) is 0.308. The van der Waals surface area contributed by atoms with Crippen molar-refractivity contribution in [1.82, 2.24) is 14.5 Å². The number of nitrogens with zero attached hydrogens (tertiary/aromatic N) is 3. The van der Waals surface area contributed by atoms with Crippen molar-refractivity contribution in [3.8, 4) is 0 Å². The van der Waals surface area contributed by atoms with Crippen LogP contribution in [0.4, 0.5) is 0 Å². The van der Waals surface area contributed by atoms with Gasteiger partial charge in [-0.05, 0) is 24.5 Å². The van der Waals surface area contributed by atoms with Crippen LogP contribution >= 0.6 is 23.1 Å². The van der Waals surface area contributed by atoms with E-state index >= 15 is 0 Å². The molecular formula is C13H12ClN3OS. The summed E-state index contributed by atoms with van der Waals surface area (Å²) in [6.45, 7) is 1.16. The maximum absolute atomic E-state index is 12.5. The third kappa shape index (κ3) is 2.48. The molecule has 4 nitrogen and oxygen atoms in total. The van der Waals surface area contributed by atoms with Crippen molar-refractivity contribution in [2.75, 3.05) is 6.54 Å². The topological polar surface area (TPSA) is 46.1 Å². The van der Waals surface area contributed by atoms with E-state index in [1.807, 2.05) is 24.3 Å². The van der Waals surface area contributed by atoms with Crippen LogP contribution in [-0.2, 0) is 13.0 Å². The van der Waals surface area contributed by atoms with Gasteiger partial charge in [0.05, 0.1) is 6.54 Å². The van der Waals surface area contributed by atoms with Crippen LogP contribution in [0.15, 0.2) is 24.3 Å². The quantitative estimate of drug-likeness (QED) is 0.855. The third-order valence-corrected chi connectivity index (χ3v) is 4.24. The summed E-state index contributed by atoms with van der Waals surface area (Å²) in [5.41, 5.74) is 2.59. The van der Waals surface area contributed by atoms with E-state index in [-0.39, 0.29) is 5.91 Å². The second-order valence-corrected chi connectivity index (χ2v) is 5.84. The van der Waals surface area contributed by atoms with Crippen LogP contribution in [0.25, 0.3) is 0 Å². The molecule has 1 aromatic carbocycles. The van der Waals surface area contributed by atoms with Crippen LogP contribution in [0.3, 0.4) is 0 Å². The maximum Gasteiger partial charge on any atom is 0.254 e. The minimum Gasteiger partial charge on any atom is -0.333 e. The minimum absolute atomic E-state index is 0.0529. The van der Waals surface area contributed by atoms with Gasteiger partial charge in [-0.15, -0.1) is 5.10 Å². The largest absolute Gasteiger partial charge is 0.333 e. The summed E-state index contributed by atoms with van der Waals surface area (Å²) < 4.78 is 4.36. The number of amides is 1. The zero-order valence-electron chi connectivity index (χ0n) is 10.2. The van der Waals surface area contributed by atoms with E-state index in [0.29, 0.717) is 16.6 Å². The molecule has 0 spiro atoms. The predicted octanol–water partition coefficient (Wildman–Crippen LogP) is 2.78. The van der Waals surface area contributed by atoms with Gasteiger partial charge >= 0.3 is 0 Å². The van der Waals surface area contributed by atoms with Crippen molar-refractivity contribution in [2.45, 2.75) is 19.4 Å². The van der Waals surface area contributed by atoms with E-state index in [0.717, 1.165) is 42.0 Å². The first-order chi connectivity index (χ1) is 9.25. The lowest BCUT2D eigenvalue weighted by molar-refractivity contribution is 0.0747. The fourth-order valence-corrected chi connectivity index (χ4v) is 2.91. The lowest BCUT2D eigenvalue weighted by Crippen LogP contribution is -2.30. The summed E-state index contributed by atoms with van der Waals surface area (Å²) in [5.74, 6) is 0.0529. The summed E-state index contributed by atoms with van der Waals surface area (Å²) in [6, 6.07) is 7.78. The van der Waals surface area contributed by atoms with Crippen molar-refractivity contribution < 1.29 is 4.79 Å². The van der Waals surface area contributed by atoms with Gasteiger partial charge in [-0.3, -0.25) is 4.79 Å². The van der Waals surface area contributed by atoms with Crippen molar-refractivity contribution in [3.05, 3.63) is 45.4 Å². The first kappa shape index (κ1) is 12.6. The molecule has 2 aromatic rings. The van der Waals surface area contributed by atoms with Crippen LogP contribution in [0, 0.1) is 0 Å². The van der Waals surface area contributed by atoms with Crippen LogP contribution in [-0.4, -0.2) is 26.9 Å². The van der Waals surface area contributed by atoms with Gasteiger partial charge in [0.2, 0.25) is 0 Å². The number of aryl methyl sites for hydroxylation is 1. The second kappa shape index (κ2) is 5.27. The molecule has 1 aliphatic rings. The molecule has 6 heteroatoms. The molecule has 3 rings (SSSR count). The van der Waals surface area contributed by atoms with E-state index in [9.17, 15) is 4.79 Å². The smallest absolute Gasteiger partial charge is 0.254 e. The molecule has 0 atom stereocenters. The number of carbonyl (C=O) groups excluding carboxylic acids is 1. The minimum atomic E-state index is 0.0529. The molecule has 0 fully saturated rings. The zero-order valence-corrected chi connectivity index (χ0v) is 11.7. The Balaban J connectivity index is 1.88. The second-order valence-electron chi connectivity index (χ2n) is 4.48. The molecule has 0 aliphatic carbocycles. The van der Waals surface area contributed by atoms with Crippen LogP contribution in [0.1, 0.15) is 28.0 Å². The van der Waals surface area contributed by atoms with Gasteiger partial charge in [0.15, 0.2) is 0 Å².